The zero-order chi connectivity index (χ0) is 14.7. The van der Waals surface area contributed by atoms with E-state index in [1.807, 2.05) is 30.3 Å². The number of benzene rings is 1. The summed E-state index contributed by atoms with van der Waals surface area (Å²) in [5, 5.41) is 0. The Kier molecular flexibility index (Phi) is 4.65. The highest BCUT2D eigenvalue weighted by Crippen LogP contribution is 2.41. The third-order valence-corrected chi connectivity index (χ3v) is 6.26. The first-order chi connectivity index (χ1) is 10.1. The van der Waals surface area contributed by atoms with E-state index < -0.39 is 10.0 Å². The standard InChI is InChI=1S/C17H25NO2S/c19-21(20,13-14-7-3-1-4-8-14)18-17(16-11-12-16)15-9-5-2-6-10-15/h2,5-6,9-10,14,16-18H,1,3-4,7-8,11-13H2/t17-/m1/s1. The van der Waals surface area contributed by atoms with E-state index in [4.69, 9.17) is 0 Å². The molecule has 2 fully saturated rings. The van der Waals surface area contributed by atoms with Crippen LogP contribution in [0, 0.1) is 11.8 Å². The quantitative estimate of drug-likeness (QED) is 0.872. The van der Waals surface area contributed by atoms with Crippen LogP contribution in [0.1, 0.15) is 56.6 Å². The van der Waals surface area contributed by atoms with Crippen LogP contribution in [0.2, 0.25) is 0 Å². The molecule has 1 N–H and O–H groups in total. The molecule has 2 aliphatic rings. The maximum absolute atomic E-state index is 12.5. The molecule has 0 amide bonds. The van der Waals surface area contributed by atoms with Crippen molar-refractivity contribution in [1.29, 1.82) is 0 Å². The van der Waals surface area contributed by atoms with Gasteiger partial charge in [0.15, 0.2) is 0 Å². The van der Waals surface area contributed by atoms with Crippen LogP contribution < -0.4 is 4.72 Å². The van der Waals surface area contributed by atoms with Crippen molar-refractivity contribution < 1.29 is 8.42 Å². The minimum absolute atomic E-state index is 0.0280. The van der Waals surface area contributed by atoms with Crippen LogP contribution in [0.3, 0.4) is 0 Å². The summed E-state index contributed by atoms with van der Waals surface area (Å²) < 4.78 is 28.0. The van der Waals surface area contributed by atoms with Gasteiger partial charge in [0.25, 0.3) is 0 Å². The molecular weight excluding hydrogens is 282 g/mol. The van der Waals surface area contributed by atoms with Crippen molar-refractivity contribution in [2.24, 2.45) is 11.8 Å². The minimum Gasteiger partial charge on any atom is -0.212 e. The Balaban J connectivity index is 1.67. The molecule has 0 unspecified atom stereocenters. The van der Waals surface area contributed by atoms with Crippen molar-refractivity contribution in [1.82, 2.24) is 4.72 Å². The largest absolute Gasteiger partial charge is 0.212 e. The van der Waals surface area contributed by atoms with Crippen molar-refractivity contribution in [3.05, 3.63) is 35.9 Å². The summed E-state index contributed by atoms with van der Waals surface area (Å²) in [6.07, 6.45) is 8.03. The minimum atomic E-state index is -3.18. The van der Waals surface area contributed by atoms with Gasteiger partial charge in [-0.25, -0.2) is 13.1 Å². The van der Waals surface area contributed by atoms with Crippen molar-refractivity contribution in [2.45, 2.75) is 51.0 Å². The lowest BCUT2D eigenvalue weighted by atomic mass is 9.91. The summed E-state index contributed by atoms with van der Waals surface area (Å²) in [6.45, 7) is 0. The van der Waals surface area contributed by atoms with E-state index in [2.05, 4.69) is 4.72 Å². The van der Waals surface area contributed by atoms with Gasteiger partial charge in [-0.3, -0.25) is 0 Å². The van der Waals surface area contributed by atoms with Gasteiger partial charge in [-0.1, -0.05) is 49.6 Å². The van der Waals surface area contributed by atoms with Crippen LogP contribution in [0.25, 0.3) is 0 Å². The highest BCUT2D eigenvalue weighted by molar-refractivity contribution is 7.89. The molecule has 3 rings (SSSR count). The summed E-state index contributed by atoms with van der Waals surface area (Å²) in [5.74, 6) is 1.14. The lowest BCUT2D eigenvalue weighted by Gasteiger charge is -2.24. The van der Waals surface area contributed by atoms with Crippen molar-refractivity contribution in [2.75, 3.05) is 5.75 Å². The maximum Gasteiger partial charge on any atom is 0.212 e. The smallest absolute Gasteiger partial charge is 0.212 e. The third-order valence-electron chi connectivity index (χ3n) is 4.74. The number of nitrogens with one attached hydrogen (secondary N) is 1. The fraction of sp³-hybridized carbons (Fsp3) is 0.647. The van der Waals surface area contributed by atoms with Gasteiger partial charge in [-0.2, -0.15) is 0 Å². The molecule has 0 bridgehead atoms. The summed E-state index contributed by atoms with van der Waals surface area (Å²) >= 11 is 0. The summed E-state index contributed by atoms with van der Waals surface area (Å²) in [4.78, 5) is 0. The molecule has 0 saturated heterocycles. The SMILES string of the molecule is O=S(=O)(CC1CCCCC1)N[C@H](c1ccccc1)C1CC1. The van der Waals surface area contributed by atoms with Crippen LogP contribution in [-0.4, -0.2) is 14.2 Å². The second-order valence-corrected chi connectivity index (χ2v) is 8.43. The van der Waals surface area contributed by atoms with Crippen LogP contribution in [0.4, 0.5) is 0 Å². The van der Waals surface area contributed by atoms with E-state index in [-0.39, 0.29) is 6.04 Å². The maximum atomic E-state index is 12.5. The molecule has 116 valence electrons. The van der Waals surface area contributed by atoms with Crippen LogP contribution in [0.5, 0.6) is 0 Å². The topological polar surface area (TPSA) is 46.2 Å². The van der Waals surface area contributed by atoms with E-state index in [1.165, 1.54) is 19.3 Å². The van der Waals surface area contributed by atoms with E-state index >= 15 is 0 Å². The summed E-state index contributed by atoms with van der Waals surface area (Å²) in [7, 11) is -3.18. The van der Waals surface area contributed by atoms with Gasteiger partial charge in [0.05, 0.1) is 5.75 Å². The average molecular weight is 307 g/mol. The predicted octanol–water partition coefficient (Wildman–Crippen LogP) is 3.64. The summed E-state index contributed by atoms with van der Waals surface area (Å²) in [6, 6.07) is 9.99. The molecule has 1 atom stereocenters. The van der Waals surface area contributed by atoms with E-state index in [0.29, 0.717) is 17.6 Å². The van der Waals surface area contributed by atoms with Gasteiger partial charge in [-0.05, 0) is 43.1 Å². The Labute approximate surface area is 128 Å². The van der Waals surface area contributed by atoms with Gasteiger partial charge < -0.3 is 0 Å². The molecule has 4 heteroatoms. The average Bonchev–Trinajstić information content (AvgIpc) is 3.31. The molecular formula is C17H25NO2S. The Morgan fingerprint density at radius 2 is 1.67 bits per heavy atom. The van der Waals surface area contributed by atoms with Gasteiger partial charge in [0.2, 0.25) is 10.0 Å². The fourth-order valence-electron chi connectivity index (χ4n) is 3.43. The number of sulfonamides is 1. The Morgan fingerprint density at radius 1 is 1.00 bits per heavy atom. The second-order valence-electron chi connectivity index (χ2n) is 6.63. The molecule has 1 aromatic carbocycles. The molecule has 1 aromatic rings. The van der Waals surface area contributed by atoms with Crippen LogP contribution in [-0.2, 0) is 10.0 Å². The Hall–Kier alpha value is -0.870. The molecule has 2 aliphatic carbocycles. The molecule has 3 nitrogen and oxygen atoms in total. The zero-order valence-electron chi connectivity index (χ0n) is 12.5. The molecule has 0 aliphatic heterocycles. The van der Waals surface area contributed by atoms with Crippen molar-refractivity contribution in [3.8, 4) is 0 Å². The number of hydrogen-bond acceptors (Lipinski definition) is 2. The highest BCUT2D eigenvalue weighted by atomic mass is 32.2. The summed E-state index contributed by atoms with van der Waals surface area (Å²) in [5.41, 5.74) is 1.10. The van der Waals surface area contributed by atoms with Crippen LogP contribution >= 0.6 is 0 Å². The van der Waals surface area contributed by atoms with Gasteiger partial charge in [0.1, 0.15) is 0 Å². The van der Waals surface area contributed by atoms with E-state index in [0.717, 1.165) is 31.2 Å². The lowest BCUT2D eigenvalue weighted by Crippen LogP contribution is -2.34. The first-order valence-corrected chi connectivity index (χ1v) is 9.84. The fourth-order valence-corrected chi connectivity index (χ4v) is 5.20. The van der Waals surface area contributed by atoms with Crippen LogP contribution in [0.15, 0.2) is 30.3 Å². The van der Waals surface area contributed by atoms with Gasteiger partial charge >= 0.3 is 0 Å². The molecule has 0 aromatic heterocycles. The number of hydrogen-bond donors (Lipinski definition) is 1. The second kappa shape index (κ2) is 6.49. The lowest BCUT2D eigenvalue weighted by molar-refractivity contribution is 0.382. The van der Waals surface area contributed by atoms with E-state index in [9.17, 15) is 8.42 Å². The molecule has 0 radical (unpaired) electrons. The monoisotopic (exact) mass is 307 g/mol. The highest BCUT2D eigenvalue weighted by Gasteiger charge is 2.35. The molecule has 2 saturated carbocycles. The third kappa shape index (κ3) is 4.30. The van der Waals surface area contributed by atoms with Crippen molar-refractivity contribution in [3.63, 3.8) is 0 Å². The molecule has 21 heavy (non-hydrogen) atoms. The first kappa shape index (κ1) is 15.0. The Morgan fingerprint density at radius 3 is 2.29 bits per heavy atom. The zero-order valence-corrected chi connectivity index (χ0v) is 13.3. The Bertz CT molecular complexity index is 545. The normalized spacial score (nSPS) is 22.1. The number of rotatable bonds is 6. The predicted molar refractivity (Wildman–Crippen MR) is 85.4 cm³/mol. The van der Waals surface area contributed by atoms with Crippen molar-refractivity contribution >= 4 is 10.0 Å². The molecule has 0 spiro atoms. The van der Waals surface area contributed by atoms with Gasteiger partial charge in [-0.15, -0.1) is 0 Å². The molecule has 0 heterocycles. The van der Waals surface area contributed by atoms with E-state index in [1.54, 1.807) is 0 Å². The van der Waals surface area contributed by atoms with Gasteiger partial charge in [0, 0.05) is 6.04 Å². The first-order valence-electron chi connectivity index (χ1n) is 8.19.